The predicted octanol–water partition coefficient (Wildman–Crippen LogP) is 5.05. The summed E-state index contributed by atoms with van der Waals surface area (Å²) >= 11 is 6.04. The third-order valence-electron chi connectivity index (χ3n) is 4.80. The number of sulfone groups is 1. The molecule has 0 aliphatic carbocycles. The number of H-pyrrole nitrogens is 1. The Morgan fingerprint density at radius 3 is 2.52 bits per heavy atom. The number of aromatic nitrogens is 1. The highest BCUT2D eigenvalue weighted by atomic mass is 35.5. The van der Waals surface area contributed by atoms with Crippen molar-refractivity contribution >= 4 is 32.3 Å². The van der Waals surface area contributed by atoms with Gasteiger partial charge in [-0.25, -0.2) is 8.42 Å². The van der Waals surface area contributed by atoms with Gasteiger partial charge in [-0.15, -0.1) is 0 Å². The highest BCUT2D eigenvalue weighted by Crippen LogP contribution is 2.38. The summed E-state index contributed by atoms with van der Waals surface area (Å²) in [5.41, 5.74) is 3.73. The van der Waals surface area contributed by atoms with Crippen LogP contribution >= 0.6 is 11.6 Å². The molecule has 0 aliphatic heterocycles. The van der Waals surface area contributed by atoms with Gasteiger partial charge in [0, 0.05) is 40.7 Å². The Labute approximate surface area is 164 Å². The van der Waals surface area contributed by atoms with Gasteiger partial charge in [-0.1, -0.05) is 48.9 Å². The number of fused-ring (bicyclic) bond motifs is 1. The van der Waals surface area contributed by atoms with Crippen LogP contribution in [0.25, 0.3) is 10.9 Å². The van der Waals surface area contributed by atoms with Gasteiger partial charge >= 0.3 is 0 Å². The summed E-state index contributed by atoms with van der Waals surface area (Å²) in [6, 6.07) is 15.7. The van der Waals surface area contributed by atoms with Gasteiger partial charge in [0.25, 0.3) is 0 Å². The number of hydrogen-bond acceptors (Lipinski definition) is 3. The van der Waals surface area contributed by atoms with Crippen molar-refractivity contribution in [1.82, 2.24) is 4.98 Å². The Morgan fingerprint density at radius 1 is 1.19 bits per heavy atom. The second kappa shape index (κ2) is 7.75. The van der Waals surface area contributed by atoms with Crippen LogP contribution in [0.4, 0.5) is 0 Å². The number of aromatic amines is 1. The summed E-state index contributed by atoms with van der Waals surface area (Å²) in [6.07, 6.45) is 3.59. The van der Waals surface area contributed by atoms with Crippen molar-refractivity contribution < 1.29 is 8.42 Å². The molecule has 0 bridgehead atoms. The van der Waals surface area contributed by atoms with Crippen LogP contribution in [0.3, 0.4) is 0 Å². The molecule has 4 nitrogen and oxygen atoms in total. The molecule has 27 heavy (non-hydrogen) atoms. The molecule has 2 unspecified atom stereocenters. The van der Waals surface area contributed by atoms with Crippen LogP contribution in [0.2, 0.25) is 5.02 Å². The molecule has 1 N–H and O–H groups in total. The second-order valence-electron chi connectivity index (χ2n) is 7.02. The largest absolute Gasteiger partial charge is 0.361 e. The Kier molecular flexibility index (Phi) is 5.59. The summed E-state index contributed by atoms with van der Waals surface area (Å²) in [6.45, 7) is 2.06. The minimum absolute atomic E-state index is 0.00384. The van der Waals surface area contributed by atoms with E-state index >= 15 is 0 Å². The predicted molar refractivity (Wildman–Crippen MR) is 110 cm³/mol. The molecular weight excluding hydrogens is 380 g/mol. The van der Waals surface area contributed by atoms with E-state index in [2.05, 4.69) is 18.0 Å². The van der Waals surface area contributed by atoms with E-state index in [4.69, 9.17) is 11.6 Å². The van der Waals surface area contributed by atoms with Crippen LogP contribution in [-0.2, 0) is 15.6 Å². The number of nitriles is 1. The first-order chi connectivity index (χ1) is 12.8. The van der Waals surface area contributed by atoms with Crippen LogP contribution in [0.5, 0.6) is 0 Å². The lowest BCUT2D eigenvalue weighted by Gasteiger charge is -2.23. The lowest BCUT2D eigenvalue weighted by molar-refractivity contribution is 0.526. The van der Waals surface area contributed by atoms with Crippen LogP contribution in [-0.4, -0.2) is 19.7 Å². The van der Waals surface area contributed by atoms with Gasteiger partial charge in [0.1, 0.15) is 0 Å². The van der Waals surface area contributed by atoms with Crippen LogP contribution in [0.15, 0.2) is 48.7 Å². The lowest BCUT2D eigenvalue weighted by atomic mass is 9.80. The fourth-order valence-corrected chi connectivity index (χ4v) is 4.58. The molecule has 6 heteroatoms. The first-order valence-electron chi connectivity index (χ1n) is 8.69. The minimum atomic E-state index is -3.14. The topological polar surface area (TPSA) is 73.7 Å². The Hall–Kier alpha value is -2.29. The Morgan fingerprint density at radius 2 is 1.89 bits per heavy atom. The number of hydrogen-bond donors (Lipinski definition) is 1. The molecule has 1 aromatic heterocycles. The zero-order valence-corrected chi connectivity index (χ0v) is 16.8. The number of benzene rings is 2. The van der Waals surface area contributed by atoms with Crippen LogP contribution < -0.4 is 0 Å². The maximum atomic E-state index is 11.8. The maximum absolute atomic E-state index is 11.8. The van der Waals surface area contributed by atoms with Crippen LogP contribution in [0, 0.1) is 17.2 Å². The molecule has 140 valence electrons. The highest BCUT2D eigenvalue weighted by Gasteiger charge is 2.25. The summed E-state index contributed by atoms with van der Waals surface area (Å²) < 4.78 is 23.5. The standard InChI is InChI=1S/C21H21ClN2O2S/c1-14(10-11-23)20(15-6-8-17(22)9-7-15)19-12-24-21-16(13-27(2,25)26)4-3-5-18(19)21/h3-9,12,14,20,24H,10,13H2,1-2H3. The molecule has 0 fully saturated rings. The molecule has 0 saturated heterocycles. The third-order valence-corrected chi connectivity index (χ3v) is 5.89. The quantitative estimate of drug-likeness (QED) is 0.629. The Balaban J connectivity index is 2.15. The summed E-state index contributed by atoms with van der Waals surface area (Å²) in [5, 5.41) is 10.9. The first-order valence-corrected chi connectivity index (χ1v) is 11.1. The minimum Gasteiger partial charge on any atom is -0.361 e. The Bertz CT molecular complexity index is 1100. The fourth-order valence-electron chi connectivity index (χ4n) is 3.65. The number of rotatable bonds is 6. The van der Waals surface area contributed by atoms with E-state index in [0.29, 0.717) is 11.4 Å². The fraction of sp³-hybridized carbons (Fsp3) is 0.286. The van der Waals surface area contributed by atoms with Crippen LogP contribution in [0.1, 0.15) is 36.0 Å². The van der Waals surface area contributed by atoms with Crippen molar-refractivity contribution in [3.63, 3.8) is 0 Å². The van der Waals surface area contributed by atoms with Gasteiger partial charge < -0.3 is 4.98 Å². The number of nitrogens with one attached hydrogen (secondary N) is 1. The van der Waals surface area contributed by atoms with E-state index in [1.54, 1.807) is 0 Å². The highest BCUT2D eigenvalue weighted by molar-refractivity contribution is 7.89. The second-order valence-corrected chi connectivity index (χ2v) is 9.60. The van der Waals surface area contributed by atoms with Gasteiger partial charge in [-0.3, -0.25) is 0 Å². The molecular formula is C21H21ClN2O2S. The van der Waals surface area contributed by atoms with Crippen molar-refractivity contribution in [2.75, 3.05) is 6.26 Å². The number of halogens is 1. The molecule has 1 heterocycles. The summed E-state index contributed by atoms with van der Waals surface area (Å²) in [7, 11) is -3.14. The number of para-hydroxylation sites is 1. The van der Waals surface area contributed by atoms with E-state index in [0.717, 1.165) is 27.6 Å². The average molecular weight is 401 g/mol. The molecule has 0 spiro atoms. The van der Waals surface area contributed by atoms with E-state index < -0.39 is 9.84 Å². The van der Waals surface area contributed by atoms with E-state index in [1.807, 2.05) is 48.7 Å². The van der Waals surface area contributed by atoms with Crippen molar-refractivity contribution in [3.05, 3.63) is 70.4 Å². The van der Waals surface area contributed by atoms with Crippen molar-refractivity contribution in [2.24, 2.45) is 5.92 Å². The van der Waals surface area contributed by atoms with E-state index in [9.17, 15) is 13.7 Å². The third kappa shape index (κ3) is 4.35. The van der Waals surface area contributed by atoms with Crippen molar-refractivity contribution in [2.45, 2.75) is 25.0 Å². The molecule has 0 amide bonds. The zero-order valence-electron chi connectivity index (χ0n) is 15.2. The SMILES string of the molecule is CC(CC#N)C(c1ccc(Cl)cc1)c1c[nH]c2c(CS(C)(=O)=O)cccc12. The first kappa shape index (κ1) is 19.5. The molecule has 3 aromatic rings. The summed E-state index contributed by atoms with van der Waals surface area (Å²) in [5.74, 6) is 0.0850. The van der Waals surface area contributed by atoms with Gasteiger partial charge in [0.2, 0.25) is 0 Å². The van der Waals surface area contributed by atoms with E-state index in [1.165, 1.54) is 6.26 Å². The van der Waals surface area contributed by atoms with Gasteiger partial charge in [0.15, 0.2) is 9.84 Å². The molecule has 0 saturated carbocycles. The van der Waals surface area contributed by atoms with Gasteiger partial charge in [-0.2, -0.15) is 5.26 Å². The molecule has 2 atom stereocenters. The van der Waals surface area contributed by atoms with E-state index in [-0.39, 0.29) is 17.6 Å². The van der Waals surface area contributed by atoms with Gasteiger partial charge in [-0.05, 0) is 34.7 Å². The molecule has 2 aromatic carbocycles. The zero-order chi connectivity index (χ0) is 19.6. The smallest absolute Gasteiger partial charge is 0.151 e. The maximum Gasteiger partial charge on any atom is 0.151 e. The lowest BCUT2D eigenvalue weighted by Crippen LogP contribution is -2.11. The normalized spacial score (nSPS) is 14.0. The van der Waals surface area contributed by atoms with Gasteiger partial charge in [0.05, 0.1) is 11.8 Å². The monoisotopic (exact) mass is 400 g/mol. The average Bonchev–Trinajstić information content (AvgIpc) is 3.01. The number of nitrogens with zero attached hydrogens (tertiary/aromatic N) is 1. The summed E-state index contributed by atoms with van der Waals surface area (Å²) in [4.78, 5) is 3.26. The molecule has 0 aliphatic rings. The van der Waals surface area contributed by atoms with Crippen molar-refractivity contribution in [3.8, 4) is 6.07 Å². The molecule has 0 radical (unpaired) electrons. The van der Waals surface area contributed by atoms with Crippen molar-refractivity contribution in [1.29, 1.82) is 5.26 Å². The molecule has 3 rings (SSSR count).